The van der Waals surface area contributed by atoms with E-state index in [1.807, 2.05) is 0 Å². The molecule has 0 N–H and O–H groups in total. The molecule has 1 heterocycles. The Balaban J connectivity index is 1.69. The second-order valence-electron chi connectivity index (χ2n) is 8.67. The van der Waals surface area contributed by atoms with E-state index in [9.17, 15) is 0 Å². The number of hydrogen-bond acceptors (Lipinski definition) is 0. The molecule has 0 unspecified atom stereocenters. The molecule has 0 amide bonds. The van der Waals surface area contributed by atoms with E-state index in [0.29, 0.717) is 6.04 Å². The van der Waals surface area contributed by atoms with Crippen molar-refractivity contribution in [1.29, 1.82) is 0 Å². The van der Waals surface area contributed by atoms with Gasteiger partial charge in [-0.15, -0.1) is 0 Å². The topological polar surface area (TPSA) is 3.01 Å². The van der Waals surface area contributed by atoms with E-state index in [2.05, 4.69) is 83.6 Å². The first-order valence-electron chi connectivity index (χ1n) is 11.0. The Kier molecular flexibility index (Phi) is 4.01. The van der Waals surface area contributed by atoms with E-state index in [1.165, 1.54) is 75.9 Å². The lowest BCUT2D eigenvalue weighted by molar-refractivity contribution is -0.580. The third kappa shape index (κ3) is 2.80. The van der Waals surface area contributed by atoms with Gasteiger partial charge in [0, 0.05) is 35.1 Å². The molecule has 1 fully saturated rings. The molecule has 1 aliphatic carbocycles. The predicted molar refractivity (Wildman–Crippen MR) is 123 cm³/mol. The van der Waals surface area contributed by atoms with Gasteiger partial charge in [-0.3, -0.25) is 0 Å². The van der Waals surface area contributed by atoms with E-state index in [-0.39, 0.29) is 0 Å². The first kappa shape index (κ1) is 17.0. The Labute approximate surface area is 172 Å². The molecule has 2 aliphatic rings. The summed E-state index contributed by atoms with van der Waals surface area (Å²) in [6, 6.07) is 27.7. The Morgan fingerprint density at radius 1 is 0.621 bits per heavy atom. The van der Waals surface area contributed by atoms with Crippen LogP contribution in [-0.4, -0.2) is 16.8 Å². The monoisotopic (exact) mass is 376 g/mol. The lowest BCUT2D eigenvalue weighted by atomic mass is 9.88. The van der Waals surface area contributed by atoms with Crippen molar-refractivity contribution in [3.05, 3.63) is 83.9 Å². The van der Waals surface area contributed by atoms with Crippen molar-refractivity contribution in [3.63, 3.8) is 0 Å². The standard InChI is InChI=1S/C28H26N/c1-2-10-24(11-3-1)29-18-22-16-14-20-8-4-6-12-25(20)27(22)28-23(19-29)17-15-21-9-5-7-13-26(21)28/h4-9,12-18,24H,1-3,10-11,19H2/q+1. The third-order valence-corrected chi connectivity index (χ3v) is 6.93. The number of rotatable bonds is 1. The number of benzene rings is 4. The van der Waals surface area contributed by atoms with Crippen molar-refractivity contribution in [2.24, 2.45) is 0 Å². The number of nitrogens with zero attached hydrogens (tertiary/aromatic N) is 1. The lowest BCUT2D eigenvalue weighted by Gasteiger charge is -2.20. The maximum atomic E-state index is 2.65. The first-order chi connectivity index (χ1) is 14.4. The van der Waals surface area contributed by atoms with Gasteiger partial charge in [0.05, 0.1) is 0 Å². The van der Waals surface area contributed by atoms with Crippen LogP contribution in [-0.2, 0) is 6.54 Å². The van der Waals surface area contributed by atoms with Gasteiger partial charge in [-0.05, 0) is 40.5 Å². The molecule has 142 valence electrons. The van der Waals surface area contributed by atoms with Crippen molar-refractivity contribution in [3.8, 4) is 11.1 Å². The van der Waals surface area contributed by atoms with Crippen LogP contribution >= 0.6 is 0 Å². The predicted octanol–water partition coefficient (Wildman–Crippen LogP) is 6.94. The van der Waals surface area contributed by atoms with Crippen molar-refractivity contribution in [1.82, 2.24) is 0 Å². The summed E-state index contributed by atoms with van der Waals surface area (Å²) in [5.74, 6) is 0. The van der Waals surface area contributed by atoms with Crippen molar-refractivity contribution < 1.29 is 4.58 Å². The van der Waals surface area contributed by atoms with E-state index in [4.69, 9.17) is 0 Å². The van der Waals surface area contributed by atoms with Crippen LogP contribution in [0.2, 0.25) is 0 Å². The van der Waals surface area contributed by atoms with Crippen LogP contribution in [0, 0.1) is 0 Å². The van der Waals surface area contributed by atoms with Crippen LogP contribution < -0.4 is 0 Å². The fourth-order valence-electron chi connectivity index (χ4n) is 5.49. The van der Waals surface area contributed by atoms with Crippen molar-refractivity contribution in [2.45, 2.75) is 44.7 Å². The summed E-state index contributed by atoms with van der Waals surface area (Å²) >= 11 is 0. The molecular formula is C28H26N+. The van der Waals surface area contributed by atoms with Gasteiger partial charge < -0.3 is 0 Å². The highest BCUT2D eigenvalue weighted by atomic mass is 15.0. The van der Waals surface area contributed by atoms with Gasteiger partial charge in [0.2, 0.25) is 0 Å². The van der Waals surface area contributed by atoms with Gasteiger partial charge in [0.25, 0.3) is 0 Å². The van der Waals surface area contributed by atoms with Gasteiger partial charge in [0.15, 0.2) is 18.8 Å². The second-order valence-corrected chi connectivity index (χ2v) is 8.67. The molecule has 0 radical (unpaired) electrons. The zero-order valence-electron chi connectivity index (χ0n) is 16.8. The first-order valence-corrected chi connectivity index (χ1v) is 11.0. The van der Waals surface area contributed by atoms with E-state index in [0.717, 1.165) is 6.54 Å². The molecular weight excluding hydrogens is 350 g/mol. The summed E-state index contributed by atoms with van der Waals surface area (Å²) in [4.78, 5) is 0. The highest BCUT2D eigenvalue weighted by Gasteiger charge is 2.29. The molecule has 0 saturated heterocycles. The van der Waals surface area contributed by atoms with Crippen LogP contribution in [0.4, 0.5) is 0 Å². The zero-order valence-corrected chi connectivity index (χ0v) is 16.8. The Morgan fingerprint density at radius 2 is 1.28 bits per heavy atom. The fraction of sp³-hybridized carbons (Fsp3) is 0.250. The summed E-state index contributed by atoms with van der Waals surface area (Å²) in [7, 11) is 0. The van der Waals surface area contributed by atoms with Gasteiger partial charge in [-0.2, -0.15) is 0 Å². The van der Waals surface area contributed by atoms with Crippen LogP contribution in [0.15, 0.2) is 72.8 Å². The van der Waals surface area contributed by atoms with Gasteiger partial charge in [-0.25, -0.2) is 4.58 Å². The third-order valence-electron chi connectivity index (χ3n) is 6.93. The molecule has 29 heavy (non-hydrogen) atoms. The van der Waals surface area contributed by atoms with Crippen LogP contribution in [0.3, 0.4) is 0 Å². The minimum atomic E-state index is 0.667. The number of fused-ring (bicyclic) bond motifs is 7. The van der Waals surface area contributed by atoms with Crippen molar-refractivity contribution >= 4 is 27.8 Å². The SMILES string of the molecule is C1=[N+](C2CCCCC2)Cc2ccc3ccccc3c2-c2c1ccc1ccccc21. The Morgan fingerprint density at radius 3 is 2.03 bits per heavy atom. The summed E-state index contributed by atoms with van der Waals surface area (Å²) in [5.41, 5.74) is 5.67. The van der Waals surface area contributed by atoms with Gasteiger partial charge in [-0.1, -0.05) is 73.2 Å². The van der Waals surface area contributed by atoms with Gasteiger partial charge >= 0.3 is 0 Å². The molecule has 0 atom stereocenters. The minimum Gasteiger partial charge on any atom is -0.228 e. The zero-order chi connectivity index (χ0) is 19.2. The molecule has 1 heteroatoms. The molecule has 6 rings (SSSR count). The molecule has 0 aromatic heterocycles. The number of hydrogen-bond donors (Lipinski definition) is 0. The lowest BCUT2D eigenvalue weighted by Crippen LogP contribution is -2.29. The van der Waals surface area contributed by atoms with E-state index < -0.39 is 0 Å². The normalized spacial score (nSPS) is 16.9. The average Bonchev–Trinajstić information content (AvgIpc) is 2.97. The molecule has 4 aromatic carbocycles. The van der Waals surface area contributed by atoms with Crippen molar-refractivity contribution in [2.75, 3.05) is 0 Å². The van der Waals surface area contributed by atoms with Crippen LogP contribution in [0.25, 0.3) is 32.7 Å². The summed E-state index contributed by atoms with van der Waals surface area (Å²) in [5, 5.41) is 5.40. The minimum absolute atomic E-state index is 0.667. The summed E-state index contributed by atoms with van der Waals surface area (Å²) in [6.07, 6.45) is 9.23. The Bertz CT molecular complexity index is 1260. The maximum Gasteiger partial charge on any atom is 0.171 e. The van der Waals surface area contributed by atoms with E-state index in [1.54, 1.807) is 0 Å². The Hall–Kier alpha value is -2.93. The highest BCUT2D eigenvalue weighted by Crippen LogP contribution is 2.40. The largest absolute Gasteiger partial charge is 0.228 e. The fourth-order valence-corrected chi connectivity index (χ4v) is 5.49. The molecule has 1 saturated carbocycles. The summed E-state index contributed by atoms with van der Waals surface area (Å²) < 4.78 is 2.65. The molecule has 0 bridgehead atoms. The smallest absolute Gasteiger partial charge is 0.171 e. The molecule has 1 nitrogen and oxygen atoms in total. The van der Waals surface area contributed by atoms with Crippen LogP contribution in [0.1, 0.15) is 43.2 Å². The maximum absolute atomic E-state index is 2.65. The summed E-state index contributed by atoms with van der Waals surface area (Å²) in [6.45, 7) is 1.01. The second kappa shape index (κ2) is 6.84. The molecule has 4 aromatic rings. The molecule has 1 aliphatic heterocycles. The average molecular weight is 377 g/mol. The highest BCUT2D eigenvalue weighted by molar-refractivity contribution is 6.11. The van der Waals surface area contributed by atoms with E-state index >= 15 is 0 Å². The quantitative estimate of drug-likeness (QED) is 0.317. The van der Waals surface area contributed by atoms with Gasteiger partial charge in [0.1, 0.15) is 0 Å². The molecule has 0 spiro atoms. The van der Waals surface area contributed by atoms with Crippen LogP contribution in [0.5, 0.6) is 0 Å².